The molecule has 0 aliphatic heterocycles. The number of rotatable bonds is 4. The zero-order valence-electron chi connectivity index (χ0n) is 11.3. The number of nitrogens with zero attached hydrogens (tertiary/aromatic N) is 4. The van der Waals surface area contributed by atoms with E-state index in [0.717, 1.165) is 5.56 Å². The lowest BCUT2D eigenvalue weighted by Gasteiger charge is -2.10. The molecule has 1 heterocycles. The molecule has 1 unspecified atom stereocenters. The molecule has 0 amide bonds. The van der Waals surface area contributed by atoms with Crippen LogP contribution in [0.3, 0.4) is 0 Å². The zero-order chi connectivity index (χ0) is 14.7. The lowest BCUT2D eigenvalue weighted by Crippen LogP contribution is -2.10. The highest BCUT2D eigenvalue weighted by atomic mass is 16.6. The van der Waals surface area contributed by atoms with Gasteiger partial charge >= 0.3 is 5.69 Å². The molecule has 0 bridgehead atoms. The minimum Gasteiger partial charge on any atom is -0.261 e. The van der Waals surface area contributed by atoms with E-state index in [9.17, 15) is 15.4 Å². The van der Waals surface area contributed by atoms with E-state index in [1.165, 1.54) is 4.68 Å². The molecule has 0 aliphatic carbocycles. The Morgan fingerprint density at radius 3 is 2.55 bits per heavy atom. The predicted octanol–water partition coefficient (Wildman–Crippen LogP) is 2.72. The topological polar surface area (TPSA) is 84.8 Å². The van der Waals surface area contributed by atoms with Crippen molar-refractivity contribution in [2.45, 2.75) is 26.3 Å². The molecule has 0 saturated heterocycles. The first kappa shape index (κ1) is 13.7. The Labute approximate surface area is 116 Å². The summed E-state index contributed by atoms with van der Waals surface area (Å²) in [7, 11) is 0. The molecule has 102 valence electrons. The van der Waals surface area contributed by atoms with Gasteiger partial charge in [-0.05, 0) is 19.4 Å². The molecule has 0 fully saturated rings. The van der Waals surface area contributed by atoms with Gasteiger partial charge in [0.2, 0.25) is 0 Å². The standard InChI is InChI=1S/C14H14N4O2/c1-10-14(18(19)20)11(2)17(16-10)9-13(8-15)12-6-4-3-5-7-12/h3-7,13H,9H2,1-2H3. The molecule has 0 radical (unpaired) electrons. The Kier molecular flexibility index (Phi) is 3.80. The number of hydrogen-bond acceptors (Lipinski definition) is 4. The van der Waals surface area contributed by atoms with Crippen molar-refractivity contribution in [3.63, 3.8) is 0 Å². The van der Waals surface area contributed by atoms with E-state index in [0.29, 0.717) is 17.9 Å². The monoisotopic (exact) mass is 270 g/mol. The third-order valence-corrected chi connectivity index (χ3v) is 3.24. The predicted molar refractivity (Wildman–Crippen MR) is 73.2 cm³/mol. The van der Waals surface area contributed by atoms with Gasteiger partial charge in [0, 0.05) is 0 Å². The molecule has 1 aromatic carbocycles. The number of aryl methyl sites for hydroxylation is 1. The van der Waals surface area contributed by atoms with Crippen molar-refractivity contribution >= 4 is 5.69 Å². The fourth-order valence-corrected chi connectivity index (χ4v) is 2.21. The normalized spacial score (nSPS) is 11.8. The van der Waals surface area contributed by atoms with Crippen LogP contribution in [0.15, 0.2) is 30.3 Å². The first-order valence-electron chi connectivity index (χ1n) is 6.17. The highest BCUT2D eigenvalue weighted by Crippen LogP contribution is 2.24. The van der Waals surface area contributed by atoms with Gasteiger partial charge in [0.1, 0.15) is 11.4 Å². The first-order valence-corrected chi connectivity index (χ1v) is 6.17. The van der Waals surface area contributed by atoms with E-state index in [4.69, 9.17) is 0 Å². The highest BCUT2D eigenvalue weighted by molar-refractivity contribution is 5.39. The SMILES string of the molecule is Cc1nn(CC(C#N)c2ccccc2)c(C)c1[N+](=O)[O-]. The van der Waals surface area contributed by atoms with Crippen LogP contribution in [0, 0.1) is 35.3 Å². The van der Waals surface area contributed by atoms with Crippen LogP contribution in [0.1, 0.15) is 22.9 Å². The van der Waals surface area contributed by atoms with Gasteiger partial charge in [-0.2, -0.15) is 10.4 Å². The Morgan fingerprint density at radius 1 is 1.40 bits per heavy atom. The summed E-state index contributed by atoms with van der Waals surface area (Å²) in [5.74, 6) is -0.381. The van der Waals surface area contributed by atoms with Gasteiger partial charge in [0.05, 0.1) is 23.5 Å². The molecule has 2 aromatic rings. The summed E-state index contributed by atoms with van der Waals surface area (Å²) in [6.07, 6.45) is 0. The van der Waals surface area contributed by atoms with Gasteiger partial charge in [-0.1, -0.05) is 30.3 Å². The Morgan fingerprint density at radius 2 is 2.05 bits per heavy atom. The van der Waals surface area contributed by atoms with Crippen molar-refractivity contribution in [1.82, 2.24) is 9.78 Å². The van der Waals surface area contributed by atoms with E-state index in [1.807, 2.05) is 30.3 Å². The van der Waals surface area contributed by atoms with Crippen molar-refractivity contribution in [3.8, 4) is 6.07 Å². The number of nitriles is 1. The lowest BCUT2D eigenvalue weighted by molar-refractivity contribution is -0.386. The number of benzene rings is 1. The van der Waals surface area contributed by atoms with Crippen molar-refractivity contribution in [3.05, 3.63) is 57.4 Å². The molecule has 6 nitrogen and oxygen atoms in total. The molecule has 0 spiro atoms. The van der Waals surface area contributed by atoms with Gasteiger partial charge in [-0.25, -0.2) is 0 Å². The summed E-state index contributed by atoms with van der Waals surface area (Å²) < 4.78 is 1.54. The third kappa shape index (κ3) is 2.52. The molecule has 0 saturated carbocycles. The second-order valence-electron chi connectivity index (χ2n) is 4.55. The average molecular weight is 270 g/mol. The second kappa shape index (κ2) is 5.53. The molecule has 20 heavy (non-hydrogen) atoms. The maximum atomic E-state index is 11.0. The van der Waals surface area contributed by atoms with E-state index < -0.39 is 4.92 Å². The van der Waals surface area contributed by atoms with E-state index >= 15 is 0 Å². The van der Waals surface area contributed by atoms with E-state index in [-0.39, 0.29) is 11.6 Å². The molecule has 2 rings (SSSR count). The summed E-state index contributed by atoms with van der Waals surface area (Å²) in [6, 6.07) is 11.6. The molecule has 1 aromatic heterocycles. The van der Waals surface area contributed by atoms with Crippen molar-refractivity contribution in [2.24, 2.45) is 0 Å². The summed E-state index contributed by atoms with van der Waals surface area (Å²) in [5, 5.41) is 24.4. The van der Waals surface area contributed by atoms with Crippen molar-refractivity contribution in [2.75, 3.05) is 0 Å². The third-order valence-electron chi connectivity index (χ3n) is 3.24. The van der Waals surface area contributed by atoms with Crippen LogP contribution in [0.2, 0.25) is 0 Å². The number of aromatic nitrogens is 2. The molecular weight excluding hydrogens is 256 g/mol. The minimum absolute atomic E-state index is 0.0229. The van der Waals surface area contributed by atoms with Crippen LogP contribution in [0.4, 0.5) is 5.69 Å². The highest BCUT2D eigenvalue weighted by Gasteiger charge is 2.23. The summed E-state index contributed by atoms with van der Waals surface area (Å²) in [6.45, 7) is 3.56. The quantitative estimate of drug-likeness (QED) is 0.631. The van der Waals surface area contributed by atoms with Crippen LogP contribution in [0.5, 0.6) is 0 Å². The average Bonchev–Trinajstić information content (AvgIpc) is 2.71. The molecule has 1 atom stereocenters. The van der Waals surface area contributed by atoms with Gasteiger partial charge in [0.25, 0.3) is 0 Å². The summed E-state index contributed by atoms with van der Waals surface area (Å²) in [4.78, 5) is 10.5. The van der Waals surface area contributed by atoms with Crippen LogP contribution in [0.25, 0.3) is 0 Å². The fourth-order valence-electron chi connectivity index (χ4n) is 2.21. The zero-order valence-corrected chi connectivity index (χ0v) is 11.3. The fraction of sp³-hybridized carbons (Fsp3) is 0.286. The maximum absolute atomic E-state index is 11.0. The van der Waals surface area contributed by atoms with E-state index in [2.05, 4.69) is 11.2 Å². The lowest BCUT2D eigenvalue weighted by atomic mass is 10.0. The summed E-state index contributed by atoms with van der Waals surface area (Å²) >= 11 is 0. The Hall–Kier alpha value is -2.68. The Balaban J connectivity index is 2.33. The maximum Gasteiger partial charge on any atom is 0.312 e. The Bertz CT molecular complexity index is 670. The number of hydrogen-bond donors (Lipinski definition) is 0. The molecule has 6 heteroatoms. The molecule has 0 N–H and O–H groups in total. The van der Waals surface area contributed by atoms with Gasteiger partial charge in [-0.15, -0.1) is 0 Å². The van der Waals surface area contributed by atoms with Crippen molar-refractivity contribution < 1.29 is 4.92 Å². The first-order chi connectivity index (χ1) is 9.54. The summed E-state index contributed by atoms with van der Waals surface area (Å²) in [5.41, 5.74) is 1.75. The van der Waals surface area contributed by atoms with Crippen LogP contribution < -0.4 is 0 Å². The largest absolute Gasteiger partial charge is 0.312 e. The van der Waals surface area contributed by atoms with Crippen LogP contribution in [-0.2, 0) is 6.54 Å². The van der Waals surface area contributed by atoms with Gasteiger partial charge < -0.3 is 0 Å². The smallest absolute Gasteiger partial charge is 0.261 e. The van der Waals surface area contributed by atoms with Gasteiger partial charge in [0.15, 0.2) is 0 Å². The molecular formula is C14H14N4O2. The minimum atomic E-state index is -0.432. The van der Waals surface area contributed by atoms with Crippen LogP contribution >= 0.6 is 0 Å². The van der Waals surface area contributed by atoms with Crippen LogP contribution in [-0.4, -0.2) is 14.7 Å². The van der Waals surface area contributed by atoms with E-state index in [1.54, 1.807) is 13.8 Å². The van der Waals surface area contributed by atoms with Gasteiger partial charge in [-0.3, -0.25) is 14.8 Å². The molecule has 0 aliphatic rings. The van der Waals surface area contributed by atoms with Crippen molar-refractivity contribution in [1.29, 1.82) is 5.26 Å². The second-order valence-corrected chi connectivity index (χ2v) is 4.55. The number of nitro groups is 1.